The fourth-order valence-corrected chi connectivity index (χ4v) is 3.77. The summed E-state index contributed by atoms with van der Waals surface area (Å²) < 4.78 is 24.9. The van der Waals surface area contributed by atoms with Gasteiger partial charge in [-0.15, -0.1) is 0 Å². The summed E-state index contributed by atoms with van der Waals surface area (Å²) in [5, 5.41) is 7.98. The van der Waals surface area contributed by atoms with Gasteiger partial charge in [-0.05, 0) is 42.5 Å². The monoisotopic (exact) mass is 493 g/mol. The summed E-state index contributed by atoms with van der Waals surface area (Å²) in [6.45, 7) is 2.20. The van der Waals surface area contributed by atoms with Crippen molar-refractivity contribution >= 4 is 41.0 Å². The second kappa shape index (κ2) is 10.5. The third-order valence-electron chi connectivity index (χ3n) is 5.18. The standard InChI is InChI=1S/C24H21ClFN7O2/c25-17-10-16(22-2-1-7-35-22)11-20(12-17)30-19-4-3-18(27-13-19)14-29-32-24-28-15-21(26)23(31-24)33-5-8-34-9-6-33/h1-4,7,10-15,30H,5-6,8-9H2,(H,28,31,32)/b29-14+. The molecular formula is C24H21ClFN7O2. The number of ether oxygens (including phenoxy) is 1. The Hall–Kier alpha value is -4.02. The zero-order chi connectivity index (χ0) is 24.0. The van der Waals surface area contributed by atoms with Crippen LogP contribution in [0.15, 0.2) is 70.6 Å². The second-order valence-corrected chi connectivity index (χ2v) is 8.07. The van der Waals surface area contributed by atoms with Crippen molar-refractivity contribution in [2.24, 2.45) is 5.10 Å². The molecule has 1 aliphatic rings. The lowest BCUT2D eigenvalue weighted by atomic mass is 10.1. The van der Waals surface area contributed by atoms with Crippen LogP contribution in [0.5, 0.6) is 0 Å². The smallest absolute Gasteiger partial charge is 0.245 e. The SMILES string of the molecule is Fc1cnc(N/N=C/c2ccc(Nc3cc(Cl)cc(-c4ccco4)c3)cn2)nc1N1CCOCC1. The van der Waals surface area contributed by atoms with Gasteiger partial charge in [0.05, 0.1) is 49.5 Å². The van der Waals surface area contributed by atoms with Crippen molar-refractivity contribution in [1.29, 1.82) is 0 Å². The van der Waals surface area contributed by atoms with E-state index in [1.807, 2.05) is 41.3 Å². The summed E-state index contributed by atoms with van der Waals surface area (Å²) in [5.41, 5.74) is 5.79. The first kappa shape index (κ1) is 22.8. The third-order valence-corrected chi connectivity index (χ3v) is 5.39. The van der Waals surface area contributed by atoms with E-state index in [0.717, 1.165) is 28.9 Å². The van der Waals surface area contributed by atoms with Gasteiger partial charge < -0.3 is 19.4 Å². The molecule has 2 N–H and O–H groups in total. The van der Waals surface area contributed by atoms with Crippen LogP contribution in [0, 0.1) is 5.82 Å². The highest BCUT2D eigenvalue weighted by Crippen LogP contribution is 2.29. The highest BCUT2D eigenvalue weighted by atomic mass is 35.5. The van der Waals surface area contributed by atoms with Crippen molar-refractivity contribution in [3.8, 4) is 11.3 Å². The van der Waals surface area contributed by atoms with Gasteiger partial charge in [-0.1, -0.05) is 11.6 Å². The minimum Gasteiger partial charge on any atom is -0.464 e. The number of anilines is 4. The normalized spacial score (nSPS) is 13.8. The van der Waals surface area contributed by atoms with Crippen molar-refractivity contribution < 1.29 is 13.5 Å². The van der Waals surface area contributed by atoms with E-state index in [2.05, 4.69) is 30.8 Å². The van der Waals surface area contributed by atoms with Gasteiger partial charge in [-0.25, -0.2) is 14.8 Å². The molecule has 0 radical (unpaired) electrons. The summed E-state index contributed by atoms with van der Waals surface area (Å²) in [6.07, 6.45) is 5.95. The molecule has 0 amide bonds. The maximum absolute atomic E-state index is 14.1. The molecule has 5 rings (SSSR count). The minimum absolute atomic E-state index is 0.191. The molecule has 178 valence electrons. The number of morpholine rings is 1. The van der Waals surface area contributed by atoms with Crippen LogP contribution in [-0.2, 0) is 4.74 Å². The molecule has 4 aromatic rings. The van der Waals surface area contributed by atoms with Crippen molar-refractivity contribution in [1.82, 2.24) is 15.0 Å². The fraction of sp³-hybridized carbons (Fsp3) is 0.167. The number of rotatable bonds is 7. The number of benzene rings is 1. The molecule has 0 bridgehead atoms. The Morgan fingerprint density at radius 1 is 1.06 bits per heavy atom. The molecule has 1 aliphatic heterocycles. The van der Waals surface area contributed by atoms with E-state index in [4.69, 9.17) is 20.8 Å². The molecule has 3 aromatic heterocycles. The van der Waals surface area contributed by atoms with E-state index in [1.54, 1.807) is 18.5 Å². The molecule has 0 saturated carbocycles. The Balaban J connectivity index is 1.22. The molecule has 1 saturated heterocycles. The lowest BCUT2D eigenvalue weighted by Crippen LogP contribution is -2.37. The third kappa shape index (κ3) is 5.73. The maximum atomic E-state index is 14.1. The van der Waals surface area contributed by atoms with Crippen LogP contribution in [0.3, 0.4) is 0 Å². The number of hydrazone groups is 1. The van der Waals surface area contributed by atoms with E-state index >= 15 is 0 Å². The van der Waals surface area contributed by atoms with Crippen molar-refractivity contribution in [2.75, 3.05) is 41.9 Å². The number of nitrogens with one attached hydrogen (secondary N) is 2. The van der Waals surface area contributed by atoms with Crippen LogP contribution in [-0.4, -0.2) is 47.5 Å². The Morgan fingerprint density at radius 2 is 1.94 bits per heavy atom. The van der Waals surface area contributed by atoms with Gasteiger partial charge in [0.25, 0.3) is 0 Å². The van der Waals surface area contributed by atoms with Crippen LogP contribution < -0.4 is 15.6 Å². The van der Waals surface area contributed by atoms with Crippen molar-refractivity contribution in [3.63, 3.8) is 0 Å². The zero-order valence-electron chi connectivity index (χ0n) is 18.5. The summed E-state index contributed by atoms with van der Waals surface area (Å²) in [5.74, 6) is 0.665. The van der Waals surface area contributed by atoms with Crippen molar-refractivity contribution in [2.45, 2.75) is 0 Å². The molecule has 0 aliphatic carbocycles. The summed E-state index contributed by atoms with van der Waals surface area (Å²) in [4.78, 5) is 14.4. The molecule has 11 heteroatoms. The van der Waals surface area contributed by atoms with Gasteiger partial charge in [-0.3, -0.25) is 4.98 Å². The Kier molecular flexibility index (Phi) is 6.82. The van der Waals surface area contributed by atoms with E-state index in [1.165, 1.54) is 6.21 Å². The van der Waals surface area contributed by atoms with Gasteiger partial charge in [0, 0.05) is 29.4 Å². The van der Waals surface area contributed by atoms with Crippen LogP contribution in [0.4, 0.5) is 27.5 Å². The van der Waals surface area contributed by atoms with Gasteiger partial charge in [-0.2, -0.15) is 10.1 Å². The van der Waals surface area contributed by atoms with Gasteiger partial charge in [0.2, 0.25) is 5.95 Å². The summed E-state index contributed by atoms with van der Waals surface area (Å²) >= 11 is 6.27. The highest BCUT2D eigenvalue weighted by Gasteiger charge is 2.17. The number of halogens is 2. The molecule has 0 atom stereocenters. The first-order valence-electron chi connectivity index (χ1n) is 10.9. The minimum atomic E-state index is -0.484. The Labute approximate surface area is 205 Å². The topological polar surface area (TPSA) is 101 Å². The summed E-state index contributed by atoms with van der Waals surface area (Å²) in [7, 11) is 0. The Morgan fingerprint density at radius 3 is 2.71 bits per heavy atom. The molecule has 9 nitrogen and oxygen atoms in total. The highest BCUT2D eigenvalue weighted by molar-refractivity contribution is 6.31. The van der Waals surface area contributed by atoms with Gasteiger partial charge in [0.15, 0.2) is 11.6 Å². The van der Waals surface area contributed by atoms with Gasteiger partial charge in [0.1, 0.15) is 5.76 Å². The van der Waals surface area contributed by atoms with E-state index in [9.17, 15) is 4.39 Å². The average Bonchev–Trinajstić information content (AvgIpc) is 3.42. The first-order chi connectivity index (χ1) is 17.1. The van der Waals surface area contributed by atoms with Gasteiger partial charge >= 0.3 is 0 Å². The van der Waals surface area contributed by atoms with E-state index in [-0.39, 0.29) is 11.8 Å². The molecule has 4 heterocycles. The summed E-state index contributed by atoms with van der Waals surface area (Å²) in [6, 6.07) is 13.0. The van der Waals surface area contributed by atoms with Crippen LogP contribution in [0.25, 0.3) is 11.3 Å². The maximum Gasteiger partial charge on any atom is 0.245 e. The first-order valence-corrected chi connectivity index (χ1v) is 11.2. The van der Waals surface area contributed by atoms with Crippen LogP contribution in [0.2, 0.25) is 5.02 Å². The average molecular weight is 494 g/mol. The Bertz CT molecular complexity index is 1310. The molecule has 35 heavy (non-hydrogen) atoms. The lowest BCUT2D eigenvalue weighted by molar-refractivity contribution is 0.122. The molecular weight excluding hydrogens is 473 g/mol. The lowest BCUT2D eigenvalue weighted by Gasteiger charge is -2.27. The number of aromatic nitrogens is 3. The number of hydrogen-bond donors (Lipinski definition) is 2. The molecule has 1 fully saturated rings. The number of furan rings is 1. The largest absolute Gasteiger partial charge is 0.464 e. The fourth-order valence-electron chi connectivity index (χ4n) is 3.53. The quantitative estimate of drug-likeness (QED) is 0.275. The zero-order valence-corrected chi connectivity index (χ0v) is 19.2. The predicted molar refractivity (Wildman–Crippen MR) is 133 cm³/mol. The number of pyridine rings is 1. The number of hydrogen-bond acceptors (Lipinski definition) is 9. The van der Waals surface area contributed by atoms with E-state index < -0.39 is 5.82 Å². The van der Waals surface area contributed by atoms with Crippen LogP contribution in [0.1, 0.15) is 5.69 Å². The van der Waals surface area contributed by atoms with E-state index in [0.29, 0.717) is 37.0 Å². The number of nitrogens with zero attached hydrogens (tertiary/aromatic N) is 5. The van der Waals surface area contributed by atoms with Crippen LogP contribution >= 0.6 is 11.6 Å². The molecule has 0 unspecified atom stereocenters. The molecule has 0 spiro atoms. The second-order valence-electron chi connectivity index (χ2n) is 7.64. The van der Waals surface area contributed by atoms with Crippen molar-refractivity contribution in [3.05, 3.63) is 77.7 Å². The molecule has 1 aromatic carbocycles. The predicted octanol–water partition coefficient (Wildman–Crippen LogP) is 4.95.